The van der Waals surface area contributed by atoms with E-state index in [-0.39, 0.29) is 58.1 Å². The van der Waals surface area contributed by atoms with Crippen LogP contribution in [-0.2, 0) is 4.79 Å². The maximum absolute atomic E-state index is 16.5. The quantitative estimate of drug-likeness (QED) is 0.142. The van der Waals surface area contributed by atoms with Crippen LogP contribution in [0.3, 0.4) is 0 Å². The van der Waals surface area contributed by atoms with Crippen molar-refractivity contribution < 1.29 is 27.5 Å². The normalized spacial score (nSPS) is 14.7. The number of phenolic OH excluding ortho intramolecular Hbond substituents is 1. The van der Waals surface area contributed by atoms with Gasteiger partial charge in [-0.2, -0.15) is 4.98 Å². The highest BCUT2D eigenvalue weighted by atomic mass is 19.3. The molecule has 1 amide bonds. The van der Waals surface area contributed by atoms with Gasteiger partial charge in [0.1, 0.15) is 28.9 Å². The zero-order valence-electron chi connectivity index (χ0n) is 26.8. The second-order valence-electron chi connectivity index (χ2n) is 12.2. The van der Waals surface area contributed by atoms with Crippen molar-refractivity contribution in [2.75, 3.05) is 31.1 Å². The van der Waals surface area contributed by atoms with Gasteiger partial charge in [-0.05, 0) is 60.2 Å². The summed E-state index contributed by atoms with van der Waals surface area (Å²) in [6, 6.07) is 7.70. The van der Waals surface area contributed by atoms with Gasteiger partial charge in [-0.25, -0.2) is 31.9 Å². The highest BCUT2D eigenvalue weighted by Crippen LogP contribution is 2.39. The Morgan fingerprint density at radius 1 is 1.10 bits per heavy atom. The summed E-state index contributed by atoms with van der Waals surface area (Å²) >= 11 is 0. The second-order valence-corrected chi connectivity index (χ2v) is 12.2. The molecule has 0 bridgehead atoms. The van der Waals surface area contributed by atoms with Crippen molar-refractivity contribution in [2.24, 2.45) is 0 Å². The molecule has 0 spiro atoms. The molecule has 5 aromatic rings. The number of carbonyl (C=O) groups is 1. The number of benzene rings is 2. The van der Waals surface area contributed by atoms with Crippen molar-refractivity contribution in [3.8, 4) is 35.0 Å². The van der Waals surface area contributed by atoms with Crippen molar-refractivity contribution in [2.45, 2.75) is 32.6 Å². The van der Waals surface area contributed by atoms with E-state index in [2.05, 4.69) is 27.5 Å². The van der Waals surface area contributed by atoms with E-state index in [1.165, 1.54) is 18.2 Å². The number of phenols is 1. The molecule has 1 N–H and O–H groups in total. The molecule has 3 aromatic heterocycles. The van der Waals surface area contributed by atoms with E-state index in [4.69, 9.17) is 6.42 Å². The maximum atomic E-state index is 16.5. The molecule has 1 aliphatic heterocycles. The van der Waals surface area contributed by atoms with E-state index in [1.807, 2.05) is 13.8 Å². The first kappa shape index (κ1) is 33.1. The summed E-state index contributed by atoms with van der Waals surface area (Å²) < 4.78 is 63.2. The van der Waals surface area contributed by atoms with Gasteiger partial charge in [-0.3, -0.25) is 9.78 Å². The monoisotopic (exact) mass is 670 g/mol. The lowest BCUT2D eigenvalue weighted by molar-refractivity contribution is -0.130. The molecule has 13 heteroatoms. The van der Waals surface area contributed by atoms with Gasteiger partial charge in [0, 0.05) is 30.2 Å². The summed E-state index contributed by atoms with van der Waals surface area (Å²) in [7, 11) is 0. The SMILES string of the molecule is C#Cc1c(F)ccc2cc(O)cc(-c3nc4c(cc3F)c(N3CCN(C(=O)C=C)CC(F)(F)C3)nc(=O)n4-c3c(C)ccnc3C(C)C)c12. The number of fused-ring (bicyclic) bond motifs is 2. The lowest BCUT2D eigenvalue weighted by Crippen LogP contribution is -2.41. The number of halogens is 4. The first-order valence-electron chi connectivity index (χ1n) is 15.3. The van der Waals surface area contributed by atoms with Gasteiger partial charge in [0.15, 0.2) is 5.65 Å². The molecule has 0 aliphatic carbocycles. The maximum Gasteiger partial charge on any atom is 0.355 e. The molecule has 1 fully saturated rings. The van der Waals surface area contributed by atoms with Gasteiger partial charge >= 0.3 is 5.69 Å². The molecule has 0 radical (unpaired) electrons. The average Bonchev–Trinajstić information content (AvgIpc) is 3.21. The van der Waals surface area contributed by atoms with Crippen LogP contribution in [0, 0.1) is 30.9 Å². The van der Waals surface area contributed by atoms with Gasteiger partial charge in [0.25, 0.3) is 5.92 Å². The van der Waals surface area contributed by atoms with E-state index in [1.54, 1.807) is 19.2 Å². The van der Waals surface area contributed by atoms with E-state index >= 15 is 13.2 Å². The van der Waals surface area contributed by atoms with Crippen molar-refractivity contribution in [1.29, 1.82) is 0 Å². The smallest absolute Gasteiger partial charge is 0.355 e. The van der Waals surface area contributed by atoms with Crippen molar-refractivity contribution >= 4 is 33.5 Å². The van der Waals surface area contributed by atoms with Crippen molar-refractivity contribution in [3.63, 3.8) is 0 Å². The first-order chi connectivity index (χ1) is 23.2. The van der Waals surface area contributed by atoms with Crippen molar-refractivity contribution in [1.82, 2.24) is 24.4 Å². The average molecular weight is 671 g/mol. The van der Waals surface area contributed by atoms with E-state index < -0.39 is 47.9 Å². The Labute approximate surface area is 278 Å². The second kappa shape index (κ2) is 12.4. The third kappa shape index (κ3) is 5.83. The molecule has 4 heterocycles. The summed E-state index contributed by atoms with van der Waals surface area (Å²) in [6.07, 6.45) is 8.17. The lowest BCUT2D eigenvalue weighted by atomic mass is 9.96. The molecule has 250 valence electrons. The molecule has 0 atom stereocenters. The summed E-state index contributed by atoms with van der Waals surface area (Å²) in [6.45, 7) is 6.69. The summed E-state index contributed by atoms with van der Waals surface area (Å²) in [5, 5.41) is 10.9. The van der Waals surface area contributed by atoms with Crippen LogP contribution in [-0.4, -0.2) is 67.5 Å². The molecule has 1 saturated heterocycles. The molecule has 2 aromatic carbocycles. The summed E-state index contributed by atoms with van der Waals surface area (Å²) in [5.41, 5.74) is -0.314. The Morgan fingerprint density at radius 2 is 1.86 bits per heavy atom. The van der Waals surface area contributed by atoms with Crippen LogP contribution in [0.5, 0.6) is 5.75 Å². The Hall–Kier alpha value is -5.77. The zero-order valence-corrected chi connectivity index (χ0v) is 26.8. The summed E-state index contributed by atoms with van der Waals surface area (Å²) in [4.78, 5) is 41.8. The molecule has 9 nitrogen and oxygen atoms in total. The minimum absolute atomic E-state index is 0.0638. The Kier molecular flexibility index (Phi) is 8.36. The molecular weight excluding hydrogens is 640 g/mol. The fourth-order valence-electron chi connectivity index (χ4n) is 6.28. The fourth-order valence-corrected chi connectivity index (χ4v) is 6.28. The highest BCUT2D eigenvalue weighted by molar-refractivity contribution is 6.02. The van der Waals surface area contributed by atoms with Crippen LogP contribution in [0.25, 0.3) is 38.8 Å². The van der Waals surface area contributed by atoms with Gasteiger partial charge in [-0.15, -0.1) is 6.42 Å². The standard InChI is InChI=1S/C36H30F4N6O3/c1-6-23-26(37)9-8-21-14-22(47)15-24(29(21)23)31-27(38)16-25-33(45-13-12-44(28(48)7-2)17-36(39,40)18-45)43-35(49)46(34(25)42-31)32-20(5)10-11-41-30(32)19(3)4/h1,7-11,14-16,19,47H,2,12-13,17-18H2,3-5H3. The number of aromatic nitrogens is 4. The Bertz CT molecular complexity index is 2300. The topological polar surface area (TPSA) is 104 Å². The van der Waals surface area contributed by atoms with Crippen LogP contribution in [0.1, 0.15) is 36.6 Å². The van der Waals surface area contributed by atoms with Crippen LogP contribution in [0.15, 0.2) is 60.0 Å². The lowest BCUT2D eigenvalue weighted by Gasteiger charge is -2.26. The largest absolute Gasteiger partial charge is 0.508 e. The fraction of sp³-hybridized carbons (Fsp3) is 0.250. The van der Waals surface area contributed by atoms with E-state index in [0.29, 0.717) is 22.3 Å². The van der Waals surface area contributed by atoms with Crippen LogP contribution >= 0.6 is 0 Å². The van der Waals surface area contributed by atoms with Gasteiger partial charge in [-0.1, -0.05) is 32.4 Å². The number of pyridine rings is 2. The molecule has 49 heavy (non-hydrogen) atoms. The number of hydrogen-bond acceptors (Lipinski definition) is 7. The minimum Gasteiger partial charge on any atom is -0.508 e. The molecule has 0 saturated carbocycles. The number of nitrogens with zero attached hydrogens (tertiary/aromatic N) is 6. The predicted molar refractivity (Wildman–Crippen MR) is 178 cm³/mol. The number of rotatable bonds is 5. The van der Waals surface area contributed by atoms with E-state index in [0.717, 1.165) is 32.6 Å². The summed E-state index contributed by atoms with van der Waals surface area (Å²) in [5.74, 6) is -4.36. The number of alkyl halides is 2. The molecule has 6 rings (SSSR count). The first-order valence-corrected chi connectivity index (χ1v) is 15.3. The molecule has 1 aliphatic rings. The number of carbonyl (C=O) groups excluding carboxylic acids is 1. The van der Waals surface area contributed by atoms with Crippen LogP contribution in [0.4, 0.5) is 23.4 Å². The van der Waals surface area contributed by atoms with Crippen LogP contribution < -0.4 is 10.6 Å². The minimum atomic E-state index is -3.44. The third-order valence-corrected chi connectivity index (χ3v) is 8.45. The molecular formula is C36H30F4N6O3. The zero-order chi connectivity index (χ0) is 35.4. The Morgan fingerprint density at radius 3 is 2.55 bits per heavy atom. The number of amides is 1. The third-order valence-electron chi connectivity index (χ3n) is 8.45. The van der Waals surface area contributed by atoms with Gasteiger partial charge in [0.2, 0.25) is 5.91 Å². The highest BCUT2D eigenvalue weighted by Gasteiger charge is 2.39. The predicted octanol–water partition coefficient (Wildman–Crippen LogP) is 5.86. The van der Waals surface area contributed by atoms with Gasteiger partial charge in [0.05, 0.1) is 35.4 Å². The van der Waals surface area contributed by atoms with Gasteiger partial charge < -0.3 is 14.9 Å². The number of anilines is 1. The van der Waals surface area contributed by atoms with Crippen LogP contribution in [0.2, 0.25) is 0 Å². The van der Waals surface area contributed by atoms with Crippen molar-refractivity contribution in [3.05, 3.63) is 94.2 Å². The number of terminal acetylenes is 1. The Balaban J connectivity index is 1.71. The molecule has 0 unspecified atom stereocenters. The number of aryl methyl sites for hydroxylation is 1. The number of aromatic hydroxyl groups is 1. The number of hydrogen-bond donors (Lipinski definition) is 1. The van der Waals surface area contributed by atoms with E-state index in [9.17, 15) is 19.1 Å².